The van der Waals surface area contributed by atoms with Gasteiger partial charge in [0.25, 0.3) is 0 Å². The molecule has 0 fully saturated rings. The zero-order chi connectivity index (χ0) is 15.1. The van der Waals surface area contributed by atoms with Gasteiger partial charge in [-0.3, -0.25) is 4.79 Å². The standard InChI is InChI=1S/C17H25N3O/c1-3-10-18-13-14-6-5-7-16-15(14)8-11-20(16)12-9-17(21)19-4-2/h5-8,11,18H,3-4,9-10,12-13H2,1-2H3,(H,19,21). The molecule has 114 valence electrons. The average molecular weight is 287 g/mol. The normalized spacial score (nSPS) is 11.0. The molecule has 0 radical (unpaired) electrons. The van der Waals surface area contributed by atoms with Crippen LogP contribution in [-0.2, 0) is 17.9 Å². The number of carbonyl (C=O) groups is 1. The van der Waals surface area contributed by atoms with E-state index in [4.69, 9.17) is 0 Å². The van der Waals surface area contributed by atoms with Crippen LogP contribution < -0.4 is 10.6 Å². The Balaban J connectivity index is 2.08. The molecule has 2 aromatic rings. The fourth-order valence-corrected chi connectivity index (χ4v) is 2.54. The molecule has 0 aliphatic heterocycles. The largest absolute Gasteiger partial charge is 0.356 e. The summed E-state index contributed by atoms with van der Waals surface area (Å²) in [6.45, 7) is 7.46. The molecule has 0 saturated heterocycles. The van der Waals surface area contributed by atoms with Crippen molar-refractivity contribution in [3.63, 3.8) is 0 Å². The van der Waals surface area contributed by atoms with Gasteiger partial charge in [0.2, 0.25) is 5.91 Å². The van der Waals surface area contributed by atoms with Gasteiger partial charge in [0.15, 0.2) is 0 Å². The Hall–Kier alpha value is -1.81. The maximum atomic E-state index is 11.6. The first kappa shape index (κ1) is 15.6. The monoisotopic (exact) mass is 287 g/mol. The molecule has 2 N–H and O–H groups in total. The van der Waals surface area contributed by atoms with E-state index in [1.807, 2.05) is 6.92 Å². The average Bonchev–Trinajstić information content (AvgIpc) is 2.90. The predicted octanol–water partition coefficient (Wildman–Crippen LogP) is 2.67. The second-order valence-corrected chi connectivity index (χ2v) is 5.24. The van der Waals surface area contributed by atoms with Crippen LogP contribution in [0.25, 0.3) is 10.9 Å². The van der Waals surface area contributed by atoms with Crippen molar-refractivity contribution < 1.29 is 4.79 Å². The SMILES string of the molecule is CCCNCc1cccc2c1ccn2CCC(=O)NCC. The summed E-state index contributed by atoms with van der Waals surface area (Å²) in [5.74, 6) is 0.111. The smallest absolute Gasteiger partial charge is 0.221 e. The molecule has 0 bridgehead atoms. The summed E-state index contributed by atoms with van der Waals surface area (Å²) in [5, 5.41) is 7.56. The van der Waals surface area contributed by atoms with E-state index in [1.165, 1.54) is 16.5 Å². The van der Waals surface area contributed by atoms with Gasteiger partial charge in [-0.25, -0.2) is 0 Å². The number of amides is 1. The first-order chi connectivity index (χ1) is 10.3. The highest BCUT2D eigenvalue weighted by Gasteiger charge is 2.07. The summed E-state index contributed by atoms with van der Waals surface area (Å²) in [7, 11) is 0. The van der Waals surface area contributed by atoms with Gasteiger partial charge in [-0.2, -0.15) is 0 Å². The number of hydrogen-bond acceptors (Lipinski definition) is 2. The van der Waals surface area contributed by atoms with E-state index in [9.17, 15) is 4.79 Å². The molecule has 1 amide bonds. The molecule has 4 heteroatoms. The predicted molar refractivity (Wildman–Crippen MR) is 87.2 cm³/mol. The van der Waals surface area contributed by atoms with E-state index in [-0.39, 0.29) is 5.91 Å². The van der Waals surface area contributed by atoms with Crippen molar-refractivity contribution in [2.24, 2.45) is 0 Å². The Morgan fingerprint density at radius 2 is 2.10 bits per heavy atom. The molecule has 4 nitrogen and oxygen atoms in total. The minimum Gasteiger partial charge on any atom is -0.356 e. The van der Waals surface area contributed by atoms with Crippen molar-refractivity contribution >= 4 is 16.8 Å². The van der Waals surface area contributed by atoms with E-state index < -0.39 is 0 Å². The topological polar surface area (TPSA) is 46.1 Å². The van der Waals surface area contributed by atoms with Crippen molar-refractivity contribution in [1.82, 2.24) is 15.2 Å². The molecular formula is C17H25N3O. The van der Waals surface area contributed by atoms with E-state index in [0.717, 1.165) is 26.1 Å². The van der Waals surface area contributed by atoms with Crippen molar-refractivity contribution in [3.05, 3.63) is 36.0 Å². The summed E-state index contributed by atoms with van der Waals surface area (Å²) < 4.78 is 2.16. The van der Waals surface area contributed by atoms with Crippen LogP contribution in [0, 0.1) is 0 Å². The Morgan fingerprint density at radius 1 is 1.24 bits per heavy atom. The van der Waals surface area contributed by atoms with Gasteiger partial charge >= 0.3 is 0 Å². The van der Waals surface area contributed by atoms with Crippen LogP contribution >= 0.6 is 0 Å². The lowest BCUT2D eigenvalue weighted by atomic mass is 10.1. The second-order valence-electron chi connectivity index (χ2n) is 5.24. The first-order valence-electron chi connectivity index (χ1n) is 7.80. The van der Waals surface area contributed by atoms with Gasteiger partial charge in [-0.1, -0.05) is 19.1 Å². The third-order valence-electron chi connectivity index (χ3n) is 3.60. The lowest BCUT2D eigenvalue weighted by Gasteiger charge is -2.08. The summed E-state index contributed by atoms with van der Waals surface area (Å²) in [6.07, 6.45) is 3.74. The molecule has 0 aliphatic rings. The van der Waals surface area contributed by atoms with E-state index in [1.54, 1.807) is 0 Å². The van der Waals surface area contributed by atoms with Crippen LogP contribution in [-0.4, -0.2) is 23.6 Å². The van der Waals surface area contributed by atoms with E-state index in [0.29, 0.717) is 13.0 Å². The van der Waals surface area contributed by atoms with E-state index >= 15 is 0 Å². The Morgan fingerprint density at radius 3 is 2.86 bits per heavy atom. The summed E-state index contributed by atoms with van der Waals surface area (Å²) in [6, 6.07) is 8.53. The van der Waals surface area contributed by atoms with Crippen molar-refractivity contribution in [3.8, 4) is 0 Å². The lowest BCUT2D eigenvalue weighted by Crippen LogP contribution is -2.23. The Bertz CT molecular complexity index is 589. The van der Waals surface area contributed by atoms with Crippen LogP contribution in [0.1, 0.15) is 32.3 Å². The highest BCUT2D eigenvalue weighted by atomic mass is 16.1. The number of rotatable bonds is 8. The first-order valence-corrected chi connectivity index (χ1v) is 7.80. The highest BCUT2D eigenvalue weighted by Crippen LogP contribution is 2.20. The van der Waals surface area contributed by atoms with E-state index in [2.05, 4.69) is 52.6 Å². The minimum absolute atomic E-state index is 0.111. The quantitative estimate of drug-likeness (QED) is 0.733. The second kappa shape index (κ2) is 7.84. The van der Waals surface area contributed by atoms with Crippen LogP contribution in [0.15, 0.2) is 30.5 Å². The van der Waals surface area contributed by atoms with Gasteiger partial charge in [0, 0.05) is 43.2 Å². The minimum atomic E-state index is 0.111. The molecule has 1 heterocycles. The fraction of sp³-hybridized carbons (Fsp3) is 0.471. The molecule has 1 aromatic carbocycles. The third kappa shape index (κ3) is 4.08. The van der Waals surface area contributed by atoms with Crippen LogP contribution in [0.4, 0.5) is 0 Å². The Kier molecular flexibility index (Phi) is 5.81. The van der Waals surface area contributed by atoms with Crippen molar-refractivity contribution in [1.29, 1.82) is 0 Å². The molecular weight excluding hydrogens is 262 g/mol. The van der Waals surface area contributed by atoms with Crippen LogP contribution in [0.5, 0.6) is 0 Å². The molecule has 1 aromatic heterocycles. The van der Waals surface area contributed by atoms with Crippen molar-refractivity contribution in [2.45, 2.75) is 39.8 Å². The fourth-order valence-electron chi connectivity index (χ4n) is 2.54. The molecule has 0 atom stereocenters. The van der Waals surface area contributed by atoms with Crippen LogP contribution in [0.2, 0.25) is 0 Å². The third-order valence-corrected chi connectivity index (χ3v) is 3.60. The van der Waals surface area contributed by atoms with Gasteiger partial charge in [0.1, 0.15) is 0 Å². The van der Waals surface area contributed by atoms with Crippen molar-refractivity contribution in [2.75, 3.05) is 13.1 Å². The molecule has 2 rings (SSSR count). The van der Waals surface area contributed by atoms with Crippen LogP contribution in [0.3, 0.4) is 0 Å². The zero-order valence-electron chi connectivity index (χ0n) is 13.0. The van der Waals surface area contributed by atoms with Gasteiger partial charge in [-0.15, -0.1) is 0 Å². The molecule has 0 saturated carbocycles. The van der Waals surface area contributed by atoms with Gasteiger partial charge in [-0.05, 0) is 37.6 Å². The van der Waals surface area contributed by atoms with Gasteiger partial charge < -0.3 is 15.2 Å². The maximum absolute atomic E-state index is 11.6. The maximum Gasteiger partial charge on any atom is 0.221 e. The Labute approximate surface area is 126 Å². The lowest BCUT2D eigenvalue weighted by molar-refractivity contribution is -0.121. The molecule has 21 heavy (non-hydrogen) atoms. The molecule has 0 aliphatic carbocycles. The highest BCUT2D eigenvalue weighted by molar-refractivity contribution is 5.84. The number of nitrogens with zero attached hydrogens (tertiary/aromatic N) is 1. The number of hydrogen-bond donors (Lipinski definition) is 2. The number of carbonyl (C=O) groups excluding carboxylic acids is 1. The summed E-state index contributed by atoms with van der Waals surface area (Å²) in [5.41, 5.74) is 2.52. The summed E-state index contributed by atoms with van der Waals surface area (Å²) >= 11 is 0. The molecule has 0 unspecified atom stereocenters. The number of aromatic nitrogens is 1. The number of aryl methyl sites for hydroxylation is 1. The van der Waals surface area contributed by atoms with Gasteiger partial charge in [0.05, 0.1) is 0 Å². The number of nitrogens with one attached hydrogen (secondary N) is 2. The molecule has 0 spiro atoms. The number of fused-ring (bicyclic) bond motifs is 1. The zero-order valence-corrected chi connectivity index (χ0v) is 13.0. The summed E-state index contributed by atoms with van der Waals surface area (Å²) in [4.78, 5) is 11.6. The number of benzene rings is 1.